The smallest absolute Gasteiger partial charge is 0.257 e. The molecule has 5 rings (SSSR count). The quantitative estimate of drug-likeness (QED) is 0.396. The number of hydrogen-bond acceptors (Lipinski definition) is 7. The number of nitrogens with zero attached hydrogens (tertiary/aromatic N) is 6. The van der Waals surface area contributed by atoms with Gasteiger partial charge in [0.2, 0.25) is 0 Å². The first-order valence-electron chi connectivity index (χ1n) is 10.8. The van der Waals surface area contributed by atoms with Gasteiger partial charge in [0.1, 0.15) is 11.3 Å². The average molecular weight is 451 g/mol. The van der Waals surface area contributed by atoms with E-state index >= 15 is 0 Å². The summed E-state index contributed by atoms with van der Waals surface area (Å²) in [7, 11) is 0. The number of pyridine rings is 2. The Morgan fingerprint density at radius 3 is 2.74 bits per heavy atom. The molecule has 9 heteroatoms. The Hall–Kier alpha value is -4.66. The Bertz CT molecular complexity index is 1460. The van der Waals surface area contributed by atoms with Crippen molar-refractivity contribution in [3.8, 4) is 5.69 Å². The van der Waals surface area contributed by atoms with Crippen molar-refractivity contribution < 1.29 is 4.79 Å². The van der Waals surface area contributed by atoms with Crippen LogP contribution in [0.5, 0.6) is 0 Å². The fourth-order valence-corrected chi connectivity index (χ4v) is 3.61. The lowest BCUT2D eigenvalue weighted by molar-refractivity contribution is 0.102. The molecule has 4 heterocycles. The van der Waals surface area contributed by atoms with Crippen LogP contribution in [0, 0.1) is 6.92 Å². The largest absolute Gasteiger partial charge is 0.362 e. The number of carbonyl (C=O) groups is 1. The first-order chi connectivity index (χ1) is 16.6. The molecule has 0 unspecified atom stereocenters. The minimum atomic E-state index is -0.200. The molecule has 1 aromatic carbocycles. The number of benzene rings is 1. The molecule has 0 radical (unpaired) electrons. The van der Waals surface area contributed by atoms with Gasteiger partial charge in [-0.1, -0.05) is 12.1 Å². The van der Waals surface area contributed by atoms with E-state index in [9.17, 15) is 4.79 Å². The van der Waals surface area contributed by atoms with E-state index in [1.54, 1.807) is 47.9 Å². The van der Waals surface area contributed by atoms with E-state index in [1.807, 2.05) is 50.2 Å². The second-order valence-electron chi connectivity index (χ2n) is 7.93. The molecular weight excluding hydrogens is 428 g/mol. The summed E-state index contributed by atoms with van der Waals surface area (Å²) in [5, 5.41) is 10.7. The summed E-state index contributed by atoms with van der Waals surface area (Å²) in [5.41, 5.74) is 5.28. The number of aromatic nitrogens is 6. The van der Waals surface area contributed by atoms with E-state index in [4.69, 9.17) is 4.98 Å². The Kier molecular flexibility index (Phi) is 5.65. The van der Waals surface area contributed by atoms with Crippen molar-refractivity contribution in [1.82, 2.24) is 29.7 Å². The summed E-state index contributed by atoms with van der Waals surface area (Å²) >= 11 is 0. The predicted molar refractivity (Wildman–Crippen MR) is 130 cm³/mol. The number of hydrogen-bond donors (Lipinski definition) is 2. The van der Waals surface area contributed by atoms with Crippen LogP contribution >= 0.6 is 0 Å². The van der Waals surface area contributed by atoms with Crippen LogP contribution in [0.1, 0.15) is 34.5 Å². The number of amides is 1. The van der Waals surface area contributed by atoms with Gasteiger partial charge in [-0.25, -0.2) is 14.6 Å². The van der Waals surface area contributed by atoms with Crippen molar-refractivity contribution in [2.45, 2.75) is 19.9 Å². The standard InChI is InChI=1S/C25H22N8O/c1-16-9-19(12-27-11-16)25(34)31-20-6-3-5-18(10-20)17(2)30-23-15-28-22-14-29-33(24(22)32-23)21-7-4-8-26-13-21/h3-15,17H,1-2H3,(H,30,32)(H,31,34)/t17-/m0/s1. The van der Waals surface area contributed by atoms with Gasteiger partial charge in [-0.05, 0) is 55.3 Å². The van der Waals surface area contributed by atoms with Gasteiger partial charge in [0.15, 0.2) is 5.65 Å². The van der Waals surface area contributed by atoms with Crippen molar-refractivity contribution in [3.05, 3.63) is 96.3 Å². The molecule has 0 bridgehead atoms. The molecule has 1 amide bonds. The molecule has 0 spiro atoms. The maximum absolute atomic E-state index is 12.6. The van der Waals surface area contributed by atoms with Gasteiger partial charge in [-0.15, -0.1) is 0 Å². The van der Waals surface area contributed by atoms with Crippen molar-refractivity contribution in [2.24, 2.45) is 0 Å². The van der Waals surface area contributed by atoms with Gasteiger partial charge in [0.25, 0.3) is 5.91 Å². The molecule has 0 saturated heterocycles. The maximum Gasteiger partial charge on any atom is 0.257 e. The average Bonchev–Trinajstić information content (AvgIpc) is 3.28. The highest BCUT2D eigenvalue weighted by atomic mass is 16.1. The molecular formula is C25H22N8O. The van der Waals surface area contributed by atoms with Crippen molar-refractivity contribution in [1.29, 1.82) is 0 Å². The van der Waals surface area contributed by atoms with Gasteiger partial charge >= 0.3 is 0 Å². The molecule has 0 saturated carbocycles. The first-order valence-corrected chi connectivity index (χ1v) is 10.8. The molecule has 0 aliphatic carbocycles. The summed E-state index contributed by atoms with van der Waals surface area (Å²) in [5.74, 6) is 0.417. The lowest BCUT2D eigenvalue weighted by Crippen LogP contribution is -2.13. The molecule has 4 aromatic heterocycles. The van der Waals surface area contributed by atoms with Gasteiger partial charge in [-0.2, -0.15) is 5.10 Å². The van der Waals surface area contributed by atoms with Gasteiger partial charge in [0.05, 0.1) is 35.9 Å². The fourth-order valence-electron chi connectivity index (χ4n) is 3.61. The number of anilines is 2. The zero-order chi connectivity index (χ0) is 23.5. The Morgan fingerprint density at radius 1 is 1.00 bits per heavy atom. The fraction of sp³-hybridized carbons (Fsp3) is 0.120. The predicted octanol–water partition coefficient (Wildman–Crippen LogP) is 4.34. The van der Waals surface area contributed by atoms with E-state index in [-0.39, 0.29) is 11.9 Å². The zero-order valence-electron chi connectivity index (χ0n) is 18.7. The van der Waals surface area contributed by atoms with Crippen LogP contribution in [0.2, 0.25) is 0 Å². The summed E-state index contributed by atoms with van der Waals surface area (Å²) in [6.07, 6.45) is 10.1. The number of aryl methyl sites for hydroxylation is 1. The van der Waals surface area contributed by atoms with Crippen LogP contribution in [-0.4, -0.2) is 35.6 Å². The Labute approximate surface area is 195 Å². The molecule has 0 aliphatic heterocycles. The van der Waals surface area contributed by atoms with Gasteiger partial charge in [0, 0.05) is 24.3 Å². The van der Waals surface area contributed by atoms with Crippen LogP contribution in [0.15, 0.2) is 79.6 Å². The van der Waals surface area contributed by atoms with E-state index in [2.05, 4.69) is 30.7 Å². The highest BCUT2D eigenvalue weighted by molar-refractivity contribution is 6.04. The molecule has 168 valence electrons. The number of rotatable bonds is 6. The van der Waals surface area contributed by atoms with Crippen LogP contribution in [-0.2, 0) is 0 Å². The highest BCUT2D eigenvalue weighted by Crippen LogP contribution is 2.23. The molecule has 5 aromatic rings. The summed E-state index contributed by atoms with van der Waals surface area (Å²) < 4.78 is 1.71. The molecule has 2 N–H and O–H groups in total. The molecule has 0 fully saturated rings. The van der Waals surface area contributed by atoms with Crippen LogP contribution in [0.3, 0.4) is 0 Å². The number of fused-ring (bicyclic) bond motifs is 1. The van der Waals surface area contributed by atoms with Crippen molar-refractivity contribution in [2.75, 3.05) is 10.6 Å². The third-order valence-electron chi connectivity index (χ3n) is 5.31. The summed E-state index contributed by atoms with van der Waals surface area (Å²) in [6, 6.07) is 13.2. The van der Waals surface area contributed by atoms with Crippen LogP contribution in [0.25, 0.3) is 16.9 Å². The van der Waals surface area contributed by atoms with E-state index in [0.717, 1.165) is 16.8 Å². The summed E-state index contributed by atoms with van der Waals surface area (Å²) in [6.45, 7) is 3.93. The zero-order valence-corrected chi connectivity index (χ0v) is 18.7. The topological polar surface area (TPSA) is 111 Å². The third kappa shape index (κ3) is 4.44. The number of carbonyl (C=O) groups excluding carboxylic acids is 1. The normalized spacial score (nSPS) is 11.8. The summed E-state index contributed by atoms with van der Waals surface area (Å²) in [4.78, 5) is 30.0. The van der Waals surface area contributed by atoms with Gasteiger partial charge in [-0.3, -0.25) is 14.8 Å². The second-order valence-corrected chi connectivity index (χ2v) is 7.93. The minimum Gasteiger partial charge on any atom is -0.362 e. The monoisotopic (exact) mass is 450 g/mol. The van der Waals surface area contributed by atoms with Gasteiger partial charge < -0.3 is 10.6 Å². The molecule has 34 heavy (non-hydrogen) atoms. The van der Waals surface area contributed by atoms with Crippen molar-refractivity contribution >= 4 is 28.6 Å². The van der Waals surface area contributed by atoms with Crippen LogP contribution in [0.4, 0.5) is 11.5 Å². The number of nitrogens with one attached hydrogen (secondary N) is 2. The maximum atomic E-state index is 12.6. The lowest BCUT2D eigenvalue weighted by atomic mass is 10.1. The highest BCUT2D eigenvalue weighted by Gasteiger charge is 2.13. The first kappa shape index (κ1) is 21.2. The minimum absolute atomic E-state index is 0.0843. The lowest BCUT2D eigenvalue weighted by Gasteiger charge is -2.16. The van der Waals surface area contributed by atoms with E-state index < -0.39 is 0 Å². The Morgan fingerprint density at radius 2 is 1.91 bits per heavy atom. The van der Waals surface area contributed by atoms with Crippen LogP contribution < -0.4 is 10.6 Å². The SMILES string of the molecule is Cc1cncc(C(=O)Nc2cccc([C@H](C)Nc3cnc4cnn(-c5cccnc5)c4n3)c2)c1. The second kappa shape index (κ2) is 9.07. The Balaban J connectivity index is 1.34. The molecule has 9 nitrogen and oxygen atoms in total. The molecule has 0 aliphatic rings. The van der Waals surface area contributed by atoms with Crippen molar-refractivity contribution in [3.63, 3.8) is 0 Å². The third-order valence-corrected chi connectivity index (χ3v) is 5.31. The molecule has 1 atom stereocenters. The van der Waals surface area contributed by atoms with E-state index in [0.29, 0.717) is 28.2 Å². The van der Waals surface area contributed by atoms with E-state index in [1.165, 1.54) is 0 Å².